The minimum absolute atomic E-state index is 0.324. The van der Waals surface area contributed by atoms with Gasteiger partial charge in [0.05, 0.1) is 28.5 Å². The van der Waals surface area contributed by atoms with E-state index in [1.165, 1.54) is 23.7 Å². The summed E-state index contributed by atoms with van der Waals surface area (Å²) in [4.78, 5) is 13.1. The molecule has 0 unspecified atom stereocenters. The van der Waals surface area contributed by atoms with Gasteiger partial charge in [0.15, 0.2) is 0 Å². The molecule has 3 aromatic rings. The molecule has 0 aliphatic heterocycles. The topological polar surface area (TPSA) is 70.1 Å². The van der Waals surface area contributed by atoms with Gasteiger partial charge in [0.1, 0.15) is 0 Å². The van der Waals surface area contributed by atoms with Gasteiger partial charge in [-0.25, -0.2) is 5.43 Å². The Hall–Kier alpha value is -2.44. The second-order valence-corrected chi connectivity index (χ2v) is 5.77. The van der Waals surface area contributed by atoms with E-state index in [2.05, 4.69) is 20.7 Å². The van der Waals surface area contributed by atoms with Gasteiger partial charge in [-0.1, -0.05) is 29.8 Å². The van der Waals surface area contributed by atoms with Crippen LogP contribution in [0.4, 0.5) is 0 Å². The first kappa shape index (κ1) is 14.5. The first-order valence-corrected chi connectivity index (χ1v) is 7.66. The summed E-state index contributed by atoms with van der Waals surface area (Å²) in [6.07, 6.45) is 3.02. The lowest BCUT2D eigenvalue weighted by molar-refractivity contribution is 0.0956. The van der Waals surface area contributed by atoms with Crippen LogP contribution < -0.4 is 5.43 Å². The monoisotopic (exact) mass is 330 g/mol. The number of aromatic nitrogens is 2. The first-order chi connectivity index (χ1) is 10.7. The molecule has 110 valence electrons. The highest BCUT2D eigenvalue weighted by atomic mass is 35.5. The second kappa shape index (κ2) is 6.55. The van der Waals surface area contributed by atoms with Crippen molar-refractivity contribution in [2.24, 2.45) is 5.10 Å². The van der Waals surface area contributed by atoms with Crippen LogP contribution in [0.2, 0.25) is 5.02 Å². The molecule has 1 aromatic carbocycles. The number of aromatic amines is 1. The zero-order valence-corrected chi connectivity index (χ0v) is 12.9. The Balaban J connectivity index is 1.72. The van der Waals surface area contributed by atoms with Crippen LogP contribution in [0.15, 0.2) is 53.1 Å². The van der Waals surface area contributed by atoms with E-state index in [0.717, 1.165) is 10.4 Å². The Morgan fingerprint density at radius 2 is 2.27 bits per heavy atom. The average Bonchev–Trinajstić information content (AvgIpc) is 3.18. The van der Waals surface area contributed by atoms with Crippen molar-refractivity contribution in [1.82, 2.24) is 15.6 Å². The highest BCUT2D eigenvalue weighted by Gasteiger charge is 2.15. The van der Waals surface area contributed by atoms with Crippen LogP contribution in [0.3, 0.4) is 0 Å². The molecule has 0 saturated heterocycles. The van der Waals surface area contributed by atoms with E-state index in [4.69, 9.17) is 11.6 Å². The van der Waals surface area contributed by atoms with Crippen molar-refractivity contribution >= 4 is 35.1 Å². The van der Waals surface area contributed by atoms with Gasteiger partial charge in [-0.15, -0.1) is 11.3 Å². The van der Waals surface area contributed by atoms with Crippen LogP contribution in [-0.4, -0.2) is 22.3 Å². The van der Waals surface area contributed by atoms with E-state index in [0.29, 0.717) is 16.3 Å². The SMILES string of the molecule is O=C(N/N=C\c1cccc(Cl)c1)c1cn[nH]c1-c1cccs1. The third-order valence-corrected chi connectivity index (χ3v) is 4.00. The number of amides is 1. The molecule has 3 rings (SSSR count). The number of nitrogens with one attached hydrogen (secondary N) is 2. The number of halogens is 1. The van der Waals surface area contributed by atoms with E-state index in [1.807, 2.05) is 29.6 Å². The fourth-order valence-electron chi connectivity index (χ4n) is 1.88. The summed E-state index contributed by atoms with van der Waals surface area (Å²) >= 11 is 7.42. The highest BCUT2D eigenvalue weighted by Crippen LogP contribution is 2.25. The van der Waals surface area contributed by atoms with Gasteiger partial charge in [-0.05, 0) is 29.1 Å². The third kappa shape index (κ3) is 3.24. The molecule has 1 amide bonds. The Labute approximate surface area is 135 Å². The maximum absolute atomic E-state index is 12.2. The summed E-state index contributed by atoms with van der Waals surface area (Å²) in [7, 11) is 0. The standard InChI is InChI=1S/C15H11ClN4OS/c16-11-4-1-3-10(7-11)8-17-20-15(21)12-9-18-19-14(12)13-5-2-6-22-13/h1-9H,(H,18,19)(H,20,21)/b17-8-. The quantitative estimate of drug-likeness (QED) is 0.567. The summed E-state index contributed by atoms with van der Waals surface area (Å²) in [6, 6.07) is 11.0. The summed E-state index contributed by atoms with van der Waals surface area (Å²) in [5, 5.41) is 13.3. The van der Waals surface area contributed by atoms with Crippen molar-refractivity contribution in [3.63, 3.8) is 0 Å². The molecule has 0 aliphatic carbocycles. The summed E-state index contributed by atoms with van der Waals surface area (Å²) in [5.74, 6) is -0.324. The predicted octanol–water partition coefficient (Wildman–Crippen LogP) is 3.56. The molecule has 0 aliphatic rings. The lowest BCUT2D eigenvalue weighted by Crippen LogP contribution is -2.17. The number of H-pyrrole nitrogens is 1. The molecule has 2 heterocycles. The van der Waals surface area contributed by atoms with Crippen LogP contribution in [0.1, 0.15) is 15.9 Å². The smallest absolute Gasteiger partial charge is 0.275 e. The van der Waals surface area contributed by atoms with E-state index < -0.39 is 0 Å². The minimum Gasteiger partial charge on any atom is -0.276 e. The van der Waals surface area contributed by atoms with E-state index in [9.17, 15) is 4.79 Å². The molecular weight excluding hydrogens is 320 g/mol. The van der Waals surface area contributed by atoms with Crippen LogP contribution in [0.5, 0.6) is 0 Å². The van der Waals surface area contributed by atoms with E-state index in [1.54, 1.807) is 12.1 Å². The zero-order chi connectivity index (χ0) is 15.4. The van der Waals surface area contributed by atoms with Crippen LogP contribution in [0.25, 0.3) is 10.6 Å². The van der Waals surface area contributed by atoms with Crippen molar-refractivity contribution in [3.05, 3.63) is 64.1 Å². The fraction of sp³-hybridized carbons (Fsp3) is 0. The summed E-state index contributed by atoms with van der Waals surface area (Å²) in [5.41, 5.74) is 4.43. The first-order valence-electron chi connectivity index (χ1n) is 6.40. The zero-order valence-electron chi connectivity index (χ0n) is 11.3. The van der Waals surface area contributed by atoms with E-state index in [-0.39, 0.29) is 5.91 Å². The lowest BCUT2D eigenvalue weighted by atomic mass is 10.2. The lowest BCUT2D eigenvalue weighted by Gasteiger charge is -2.00. The molecule has 7 heteroatoms. The average molecular weight is 331 g/mol. The van der Waals surface area contributed by atoms with Gasteiger partial charge < -0.3 is 0 Å². The van der Waals surface area contributed by atoms with Crippen molar-refractivity contribution in [2.45, 2.75) is 0 Å². The number of rotatable bonds is 4. The molecule has 0 bridgehead atoms. The van der Waals surface area contributed by atoms with Crippen LogP contribution >= 0.6 is 22.9 Å². The van der Waals surface area contributed by atoms with Crippen LogP contribution in [-0.2, 0) is 0 Å². The molecule has 5 nitrogen and oxygen atoms in total. The number of carbonyl (C=O) groups is 1. The Kier molecular flexibility index (Phi) is 4.32. The molecule has 2 N–H and O–H groups in total. The molecule has 0 radical (unpaired) electrons. The highest BCUT2D eigenvalue weighted by molar-refractivity contribution is 7.13. The number of nitrogens with zero attached hydrogens (tertiary/aromatic N) is 2. The van der Waals surface area contributed by atoms with Gasteiger partial charge in [-0.2, -0.15) is 10.2 Å². The molecule has 0 fully saturated rings. The number of carbonyl (C=O) groups excluding carboxylic acids is 1. The Bertz CT molecular complexity index is 811. The van der Waals surface area contributed by atoms with Crippen molar-refractivity contribution < 1.29 is 4.79 Å². The largest absolute Gasteiger partial charge is 0.276 e. The van der Waals surface area contributed by atoms with Gasteiger partial charge in [0, 0.05) is 5.02 Å². The number of hydrazone groups is 1. The Morgan fingerprint density at radius 1 is 1.36 bits per heavy atom. The van der Waals surface area contributed by atoms with Crippen molar-refractivity contribution in [2.75, 3.05) is 0 Å². The van der Waals surface area contributed by atoms with Crippen molar-refractivity contribution in [1.29, 1.82) is 0 Å². The predicted molar refractivity (Wildman–Crippen MR) is 88.4 cm³/mol. The maximum Gasteiger partial charge on any atom is 0.275 e. The van der Waals surface area contributed by atoms with Crippen LogP contribution in [0, 0.1) is 0 Å². The molecule has 22 heavy (non-hydrogen) atoms. The van der Waals surface area contributed by atoms with Gasteiger partial charge >= 0.3 is 0 Å². The molecule has 0 atom stereocenters. The van der Waals surface area contributed by atoms with E-state index >= 15 is 0 Å². The van der Waals surface area contributed by atoms with Gasteiger partial charge in [0.2, 0.25) is 0 Å². The van der Waals surface area contributed by atoms with Gasteiger partial charge in [0.25, 0.3) is 5.91 Å². The van der Waals surface area contributed by atoms with Gasteiger partial charge in [-0.3, -0.25) is 9.89 Å². The molecular formula is C15H11ClN4OS. The number of thiophene rings is 1. The molecule has 2 aromatic heterocycles. The molecule has 0 saturated carbocycles. The normalized spacial score (nSPS) is 11.0. The fourth-order valence-corrected chi connectivity index (χ4v) is 2.81. The van der Waals surface area contributed by atoms with Crippen molar-refractivity contribution in [3.8, 4) is 10.6 Å². The maximum atomic E-state index is 12.2. The minimum atomic E-state index is -0.324. The number of hydrogen-bond donors (Lipinski definition) is 2. The Morgan fingerprint density at radius 3 is 3.05 bits per heavy atom. The second-order valence-electron chi connectivity index (χ2n) is 4.39. The number of hydrogen-bond acceptors (Lipinski definition) is 4. The summed E-state index contributed by atoms with van der Waals surface area (Å²) < 4.78 is 0. The third-order valence-electron chi connectivity index (χ3n) is 2.88. The summed E-state index contributed by atoms with van der Waals surface area (Å²) in [6.45, 7) is 0. The number of benzene rings is 1. The molecule has 0 spiro atoms.